The maximum atomic E-state index is 5.28. The molecule has 2 heterocycles. The minimum absolute atomic E-state index is 0.617. The lowest BCUT2D eigenvalue weighted by Gasteiger charge is -2.01. The van der Waals surface area contributed by atoms with Crippen molar-refractivity contribution in [3.8, 4) is 11.5 Å². The Morgan fingerprint density at radius 3 is 2.94 bits per heavy atom. The molecule has 1 N–H and O–H groups in total. The zero-order chi connectivity index (χ0) is 11.5. The van der Waals surface area contributed by atoms with Crippen molar-refractivity contribution in [3.63, 3.8) is 0 Å². The zero-order valence-electron chi connectivity index (χ0n) is 9.60. The molecule has 1 saturated heterocycles. The third kappa shape index (κ3) is 2.36. The smallest absolute Gasteiger partial charge is 0.257 e. The van der Waals surface area contributed by atoms with Crippen molar-refractivity contribution in [1.82, 2.24) is 15.5 Å². The molecule has 2 aromatic rings. The average molecular weight is 229 g/mol. The summed E-state index contributed by atoms with van der Waals surface area (Å²) in [6.07, 6.45) is 2.11. The highest BCUT2D eigenvalue weighted by Crippen LogP contribution is 2.18. The van der Waals surface area contributed by atoms with Crippen LogP contribution in [-0.2, 0) is 6.42 Å². The minimum Gasteiger partial charge on any atom is -0.334 e. The van der Waals surface area contributed by atoms with E-state index in [9.17, 15) is 0 Å². The van der Waals surface area contributed by atoms with E-state index in [2.05, 4.69) is 15.5 Å². The molecular formula is C13H15N3O. The van der Waals surface area contributed by atoms with E-state index in [-0.39, 0.29) is 0 Å². The van der Waals surface area contributed by atoms with E-state index in [0.29, 0.717) is 11.8 Å². The number of nitrogens with one attached hydrogen (secondary N) is 1. The van der Waals surface area contributed by atoms with Crippen molar-refractivity contribution in [3.05, 3.63) is 36.2 Å². The fourth-order valence-corrected chi connectivity index (χ4v) is 2.18. The molecule has 1 unspecified atom stereocenters. The third-order valence-corrected chi connectivity index (χ3v) is 3.12. The minimum atomic E-state index is 0.617. The van der Waals surface area contributed by atoms with Crippen LogP contribution < -0.4 is 5.32 Å². The molecule has 1 atom stereocenters. The largest absolute Gasteiger partial charge is 0.334 e. The van der Waals surface area contributed by atoms with E-state index >= 15 is 0 Å². The van der Waals surface area contributed by atoms with Crippen LogP contribution >= 0.6 is 0 Å². The molecular weight excluding hydrogens is 214 g/mol. The van der Waals surface area contributed by atoms with Crippen molar-refractivity contribution in [2.75, 3.05) is 13.1 Å². The quantitative estimate of drug-likeness (QED) is 0.873. The van der Waals surface area contributed by atoms with Gasteiger partial charge in [-0.3, -0.25) is 0 Å². The fourth-order valence-electron chi connectivity index (χ4n) is 2.18. The third-order valence-electron chi connectivity index (χ3n) is 3.12. The predicted octanol–water partition coefficient (Wildman–Crippen LogP) is 1.89. The maximum absolute atomic E-state index is 5.28. The Morgan fingerprint density at radius 2 is 2.18 bits per heavy atom. The molecule has 0 radical (unpaired) electrons. The van der Waals surface area contributed by atoms with Gasteiger partial charge in [-0.05, 0) is 37.6 Å². The molecule has 88 valence electrons. The van der Waals surface area contributed by atoms with Crippen LogP contribution in [0.1, 0.15) is 12.2 Å². The molecule has 1 aliphatic rings. The molecule has 4 nitrogen and oxygen atoms in total. The van der Waals surface area contributed by atoms with Crippen LogP contribution in [0.2, 0.25) is 0 Å². The highest BCUT2D eigenvalue weighted by atomic mass is 16.5. The van der Waals surface area contributed by atoms with Gasteiger partial charge in [0.1, 0.15) is 0 Å². The van der Waals surface area contributed by atoms with Crippen LogP contribution in [-0.4, -0.2) is 23.2 Å². The van der Waals surface area contributed by atoms with Gasteiger partial charge >= 0.3 is 0 Å². The first-order valence-electron chi connectivity index (χ1n) is 6.00. The number of aromatic nitrogens is 2. The molecule has 17 heavy (non-hydrogen) atoms. The van der Waals surface area contributed by atoms with Gasteiger partial charge < -0.3 is 9.84 Å². The second-order valence-corrected chi connectivity index (χ2v) is 4.44. The van der Waals surface area contributed by atoms with Gasteiger partial charge in [0.2, 0.25) is 0 Å². The highest BCUT2D eigenvalue weighted by Gasteiger charge is 2.18. The Hall–Kier alpha value is -1.68. The van der Waals surface area contributed by atoms with Crippen LogP contribution in [0.5, 0.6) is 0 Å². The monoisotopic (exact) mass is 229 g/mol. The summed E-state index contributed by atoms with van der Waals surface area (Å²) >= 11 is 0. The molecule has 4 heteroatoms. The van der Waals surface area contributed by atoms with Gasteiger partial charge in [-0.2, -0.15) is 4.98 Å². The highest BCUT2D eigenvalue weighted by molar-refractivity contribution is 5.51. The average Bonchev–Trinajstić information content (AvgIpc) is 3.02. The topological polar surface area (TPSA) is 51.0 Å². The van der Waals surface area contributed by atoms with Gasteiger partial charge in [0.15, 0.2) is 5.82 Å². The van der Waals surface area contributed by atoms with Gasteiger partial charge in [-0.25, -0.2) is 0 Å². The number of benzene rings is 1. The summed E-state index contributed by atoms with van der Waals surface area (Å²) in [6.45, 7) is 2.17. The van der Waals surface area contributed by atoms with Crippen LogP contribution in [0.3, 0.4) is 0 Å². The summed E-state index contributed by atoms with van der Waals surface area (Å²) in [5.41, 5.74) is 0.982. The molecule has 0 spiro atoms. The normalized spacial score (nSPS) is 19.6. The van der Waals surface area contributed by atoms with E-state index in [1.807, 2.05) is 30.3 Å². The van der Waals surface area contributed by atoms with Crippen LogP contribution in [0.4, 0.5) is 0 Å². The Kier molecular flexibility index (Phi) is 2.88. The molecule has 1 aromatic carbocycles. The Balaban J connectivity index is 1.74. The van der Waals surface area contributed by atoms with E-state index in [4.69, 9.17) is 4.52 Å². The van der Waals surface area contributed by atoms with Crippen molar-refractivity contribution >= 4 is 0 Å². The maximum Gasteiger partial charge on any atom is 0.257 e. The lowest BCUT2D eigenvalue weighted by atomic mass is 10.1. The Morgan fingerprint density at radius 1 is 1.29 bits per heavy atom. The number of hydrogen-bond acceptors (Lipinski definition) is 4. The molecule has 0 saturated carbocycles. The van der Waals surface area contributed by atoms with Gasteiger partial charge in [-0.15, -0.1) is 0 Å². The van der Waals surface area contributed by atoms with Crippen molar-refractivity contribution in [2.45, 2.75) is 12.8 Å². The van der Waals surface area contributed by atoms with E-state index in [1.54, 1.807) is 0 Å². The van der Waals surface area contributed by atoms with Gasteiger partial charge in [0.05, 0.1) is 0 Å². The van der Waals surface area contributed by atoms with Crippen LogP contribution in [0, 0.1) is 5.92 Å². The zero-order valence-corrected chi connectivity index (χ0v) is 9.60. The lowest BCUT2D eigenvalue weighted by Crippen LogP contribution is -2.11. The molecule has 3 rings (SSSR count). The Labute approximate surface area is 100 Å². The number of rotatable bonds is 3. The SMILES string of the molecule is c1ccc(-c2nc(CC3CCNC3)no2)cc1. The number of nitrogens with zero attached hydrogens (tertiary/aromatic N) is 2. The van der Waals surface area contributed by atoms with E-state index < -0.39 is 0 Å². The molecule has 1 aliphatic heterocycles. The molecule has 0 bridgehead atoms. The number of hydrogen-bond donors (Lipinski definition) is 1. The van der Waals surface area contributed by atoms with Crippen LogP contribution in [0.25, 0.3) is 11.5 Å². The summed E-state index contributed by atoms with van der Waals surface area (Å²) in [4.78, 5) is 4.44. The molecule has 1 fully saturated rings. The summed E-state index contributed by atoms with van der Waals surface area (Å²) in [5.74, 6) is 2.08. The predicted molar refractivity (Wildman–Crippen MR) is 64.4 cm³/mol. The molecule has 0 amide bonds. The summed E-state index contributed by atoms with van der Waals surface area (Å²) in [7, 11) is 0. The van der Waals surface area contributed by atoms with E-state index in [0.717, 1.165) is 30.9 Å². The lowest BCUT2D eigenvalue weighted by molar-refractivity contribution is 0.415. The summed E-state index contributed by atoms with van der Waals surface area (Å²) in [6, 6.07) is 9.88. The van der Waals surface area contributed by atoms with Gasteiger partial charge in [0.25, 0.3) is 5.89 Å². The van der Waals surface area contributed by atoms with Crippen LogP contribution in [0.15, 0.2) is 34.9 Å². The first-order valence-corrected chi connectivity index (χ1v) is 6.00. The van der Waals surface area contributed by atoms with Crippen molar-refractivity contribution in [1.29, 1.82) is 0 Å². The Bertz CT molecular complexity index is 474. The van der Waals surface area contributed by atoms with Crippen molar-refractivity contribution < 1.29 is 4.52 Å². The molecule has 0 aliphatic carbocycles. The standard InChI is InChI=1S/C13H15N3O/c1-2-4-11(5-3-1)13-15-12(16-17-13)8-10-6-7-14-9-10/h1-5,10,14H,6-9H2. The second kappa shape index (κ2) is 4.67. The fraction of sp³-hybridized carbons (Fsp3) is 0.385. The molecule has 1 aromatic heterocycles. The van der Waals surface area contributed by atoms with Crippen molar-refractivity contribution in [2.24, 2.45) is 5.92 Å². The first kappa shape index (κ1) is 10.5. The van der Waals surface area contributed by atoms with Gasteiger partial charge in [-0.1, -0.05) is 23.4 Å². The second-order valence-electron chi connectivity index (χ2n) is 4.44. The summed E-state index contributed by atoms with van der Waals surface area (Å²) in [5, 5.41) is 7.39. The summed E-state index contributed by atoms with van der Waals surface area (Å²) < 4.78 is 5.28. The van der Waals surface area contributed by atoms with E-state index in [1.165, 1.54) is 6.42 Å². The first-order chi connectivity index (χ1) is 8.42. The van der Waals surface area contributed by atoms with Gasteiger partial charge in [0, 0.05) is 12.0 Å².